The van der Waals surface area contributed by atoms with Gasteiger partial charge in [0.2, 0.25) is 5.91 Å². The van der Waals surface area contributed by atoms with E-state index in [2.05, 4.69) is 6.07 Å². The van der Waals surface area contributed by atoms with Gasteiger partial charge in [-0.2, -0.15) is 5.26 Å². The third-order valence-electron chi connectivity index (χ3n) is 4.04. The average molecular weight is 290 g/mol. The molecule has 0 aromatic carbocycles. The van der Waals surface area contributed by atoms with Gasteiger partial charge in [-0.25, -0.2) is 0 Å². The number of nitrogens with zero attached hydrogens (tertiary/aromatic N) is 2. The van der Waals surface area contributed by atoms with E-state index in [0.29, 0.717) is 31.7 Å². The maximum atomic E-state index is 12.5. The van der Waals surface area contributed by atoms with Gasteiger partial charge in [0.15, 0.2) is 0 Å². The number of aliphatic hydroxyl groups is 1. The molecule has 1 N–H and O–H groups in total. The largest absolute Gasteiger partial charge is 0.467 e. The number of carbonyl (C=O) groups is 1. The van der Waals surface area contributed by atoms with Gasteiger partial charge >= 0.3 is 0 Å². The Bertz CT molecular complexity index is 484. The Morgan fingerprint density at radius 1 is 1.43 bits per heavy atom. The predicted molar refractivity (Wildman–Crippen MR) is 77.0 cm³/mol. The van der Waals surface area contributed by atoms with E-state index >= 15 is 0 Å². The second-order valence-electron chi connectivity index (χ2n) is 5.76. The molecule has 21 heavy (non-hydrogen) atoms. The third kappa shape index (κ3) is 4.61. The van der Waals surface area contributed by atoms with Crippen LogP contribution in [0, 0.1) is 11.3 Å². The molecule has 0 spiro atoms. The Balaban J connectivity index is 1.97. The fourth-order valence-corrected chi connectivity index (χ4v) is 2.85. The van der Waals surface area contributed by atoms with E-state index in [1.165, 1.54) is 0 Å². The molecule has 0 unspecified atom stereocenters. The Morgan fingerprint density at radius 3 is 2.81 bits per heavy atom. The molecule has 0 atom stereocenters. The number of nitriles is 1. The van der Waals surface area contributed by atoms with Crippen molar-refractivity contribution in [1.29, 1.82) is 5.26 Å². The van der Waals surface area contributed by atoms with E-state index < -0.39 is 5.60 Å². The van der Waals surface area contributed by atoms with Crippen LogP contribution in [-0.2, 0) is 11.3 Å². The summed E-state index contributed by atoms with van der Waals surface area (Å²) in [5, 5.41) is 19.2. The molecule has 1 aromatic rings. The molecule has 0 bridgehead atoms. The van der Waals surface area contributed by atoms with Crippen LogP contribution >= 0.6 is 0 Å². The smallest absolute Gasteiger partial charge is 0.225 e. The standard InChI is InChI=1S/C16H22N2O3/c17-9-5-10-18(13-14-6-4-11-21-14)15(19)12-16(20)7-2-1-3-8-16/h4,6,11,20H,1-3,5,7-8,10,12-13H2. The van der Waals surface area contributed by atoms with Crippen molar-refractivity contribution in [2.24, 2.45) is 0 Å². The van der Waals surface area contributed by atoms with E-state index in [-0.39, 0.29) is 18.7 Å². The minimum atomic E-state index is -0.872. The molecule has 1 heterocycles. The van der Waals surface area contributed by atoms with Crippen LogP contribution in [0.3, 0.4) is 0 Å². The maximum Gasteiger partial charge on any atom is 0.225 e. The minimum Gasteiger partial charge on any atom is -0.467 e. The van der Waals surface area contributed by atoms with Gasteiger partial charge in [0.1, 0.15) is 5.76 Å². The lowest BCUT2D eigenvalue weighted by Gasteiger charge is -2.33. The number of rotatable bonds is 6. The first kappa shape index (κ1) is 15.6. The zero-order chi connectivity index (χ0) is 15.1. The molecule has 1 aliphatic carbocycles. The molecule has 0 aliphatic heterocycles. The van der Waals surface area contributed by atoms with E-state index in [9.17, 15) is 9.90 Å². The van der Waals surface area contributed by atoms with Crippen molar-refractivity contribution in [2.75, 3.05) is 6.54 Å². The first-order chi connectivity index (χ1) is 10.1. The van der Waals surface area contributed by atoms with Crippen molar-refractivity contribution in [3.63, 3.8) is 0 Å². The zero-order valence-corrected chi connectivity index (χ0v) is 12.3. The van der Waals surface area contributed by atoms with Gasteiger partial charge in [0, 0.05) is 6.54 Å². The molecule has 1 saturated carbocycles. The monoisotopic (exact) mass is 290 g/mol. The van der Waals surface area contributed by atoms with Gasteiger partial charge in [-0.3, -0.25) is 4.79 Å². The van der Waals surface area contributed by atoms with Crippen LogP contribution in [0.15, 0.2) is 22.8 Å². The number of furan rings is 1. The highest BCUT2D eigenvalue weighted by molar-refractivity contribution is 5.77. The Kier molecular flexibility index (Phi) is 5.40. The van der Waals surface area contributed by atoms with Crippen LogP contribution in [0.2, 0.25) is 0 Å². The van der Waals surface area contributed by atoms with E-state index in [1.807, 2.05) is 6.07 Å². The highest BCUT2D eigenvalue weighted by atomic mass is 16.3. The topological polar surface area (TPSA) is 77.5 Å². The van der Waals surface area contributed by atoms with Crippen molar-refractivity contribution < 1.29 is 14.3 Å². The number of carbonyl (C=O) groups excluding carboxylic acids is 1. The van der Waals surface area contributed by atoms with Crippen molar-refractivity contribution in [2.45, 2.75) is 57.1 Å². The molecule has 1 aromatic heterocycles. The van der Waals surface area contributed by atoms with Crippen LogP contribution in [-0.4, -0.2) is 28.1 Å². The van der Waals surface area contributed by atoms with Gasteiger partial charge in [-0.15, -0.1) is 0 Å². The first-order valence-electron chi connectivity index (χ1n) is 7.52. The van der Waals surface area contributed by atoms with Crippen LogP contribution < -0.4 is 0 Å². The van der Waals surface area contributed by atoms with Gasteiger partial charge in [0.25, 0.3) is 0 Å². The van der Waals surface area contributed by atoms with Gasteiger partial charge in [0.05, 0.1) is 37.3 Å². The fraction of sp³-hybridized carbons (Fsp3) is 0.625. The lowest BCUT2D eigenvalue weighted by Crippen LogP contribution is -2.40. The number of amides is 1. The summed E-state index contributed by atoms with van der Waals surface area (Å²) in [4.78, 5) is 14.1. The number of hydrogen-bond acceptors (Lipinski definition) is 4. The maximum absolute atomic E-state index is 12.5. The molecular formula is C16H22N2O3. The second kappa shape index (κ2) is 7.28. The molecule has 5 heteroatoms. The summed E-state index contributed by atoms with van der Waals surface area (Å²) in [5.41, 5.74) is -0.872. The van der Waals surface area contributed by atoms with Crippen molar-refractivity contribution >= 4 is 5.91 Å². The minimum absolute atomic E-state index is 0.106. The molecule has 1 amide bonds. The molecule has 1 aliphatic rings. The molecule has 1 fully saturated rings. The summed E-state index contributed by atoms with van der Waals surface area (Å²) in [6.07, 6.45) is 6.43. The predicted octanol–water partition coefficient (Wildman–Crippen LogP) is 2.61. The third-order valence-corrected chi connectivity index (χ3v) is 4.04. The Morgan fingerprint density at radius 2 is 2.19 bits per heavy atom. The summed E-state index contributed by atoms with van der Waals surface area (Å²) in [6.45, 7) is 0.718. The summed E-state index contributed by atoms with van der Waals surface area (Å²) < 4.78 is 5.27. The molecule has 2 rings (SSSR count). The summed E-state index contributed by atoms with van der Waals surface area (Å²) >= 11 is 0. The first-order valence-corrected chi connectivity index (χ1v) is 7.52. The van der Waals surface area contributed by atoms with E-state index in [4.69, 9.17) is 9.68 Å². The van der Waals surface area contributed by atoms with E-state index in [0.717, 1.165) is 19.3 Å². The SMILES string of the molecule is N#CCCN(Cc1ccco1)C(=O)CC1(O)CCCCC1. The lowest BCUT2D eigenvalue weighted by molar-refractivity contribution is -0.138. The molecule has 5 nitrogen and oxygen atoms in total. The molecule has 0 saturated heterocycles. The highest BCUT2D eigenvalue weighted by Crippen LogP contribution is 2.31. The van der Waals surface area contributed by atoms with Crippen molar-refractivity contribution in [3.8, 4) is 6.07 Å². The van der Waals surface area contributed by atoms with Crippen molar-refractivity contribution in [3.05, 3.63) is 24.2 Å². The van der Waals surface area contributed by atoms with Gasteiger partial charge < -0.3 is 14.4 Å². The quantitative estimate of drug-likeness (QED) is 0.873. The fourth-order valence-electron chi connectivity index (χ4n) is 2.85. The Hall–Kier alpha value is -1.80. The van der Waals surface area contributed by atoms with Crippen LogP contribution in [0.1, 0.15) is 50.7 Å². The summed E-state index contributed by atoms with van der Waals surface area (Å²) in [5.74, 6) is 0.586. The summed E-state index contributed by atoms with van der Waals surface area (Å²) in [6, 6.07) is 5.64. The van der Waals surface area contributed by atoms with Gasteiger partial charge in [-0.1, -0.05) is 19.3 Å². The normalized spacial score (nSPS) is 17.1. The molecule has 114 valence electrons. The second-order valence-corrected chi connectivity index (χ2v) is 5.76. The zero-order valence-electron chi connectivity index (χ0n) is 12.3. The van der Waals surface area contributed by atoms with Crippen LogP contribution in [0.25, 0.3) is 0 Å². The lowest BCUT2D eigenvalue weighted by atomic mass is 9.82. The van der Waals surface area contributed by atoms with E-state index in [1.54, 1.807) is 17.2 Å². The molecular weight excluding hydrogens is 268 g/mol. The molecule has 0 radical (unpaired) electrons. The highest BCUT2D eigenvalue weighted by Gasteiger charge is 2.33. The van der Waals surface area contributed by atoms with Crippen molar-refractivity contribution in [1.82, 2.24) is 4.90 Å². The van der Waals surface area contributed by atoms with Crippen LogP contribution in [0.4, 0.5) is 0 Å². The van der Waals surface area contributed by atoms with Crippen LogP contribution in [0.5, 0.6) is 0 Å². The van der Waals surface area contributed by atoms with Gasteiger partial charge in [-0.05, 0) is 25.0 Å². The Labute approximate surface area is 125 Å². The number of hydrogen-bond donors (Lipinski definition) is 1. The summed E-state index contributed by atoms with van der Waals surface area (Å²) in [7, 11) is 0. The average Bonchev–Trinajstić information content (AvgIpc) is 2.96.